The van der Waals surface area contributed by atoms with Crippen LogP contribution in [0.25, 0.3) is 0 Å². The number of ether oxygens (including phenoxy) is 2. The maximum atomic E-state index is 11.0. The number of carbonyl (C=O) groups excluding carboxylic acids is 2. The largest absolute Gasteiger partial charge is 0.463 e. The van der Waals surface area contributed by atoms with Crippen LogP contribution in [0.5, 0.6) is 0 Å². The quantitative estimate of drug-likeness (QED) is 0.214. The second-order valence-electron chi connectivity index (χ2n) is 6.83. The van der Waals surface area contributed by atoms with Gasteiger partial charge in [0.1, 0.15) is 6.10 Å². The average Bonchev–Trinajstić information content (AvgIpc) is 2.51. The first-order valence-corrected chi connectivity index (χ1v) is 9.95. The zero-order valence-corrected chi connectivity index (χ0v) is 16.7. The monoisotopic (exact) mass is 354 g/mol. The van der Waals surface area contributed by atoms with Crippen molar-refractivity contribution in [2.75, 3.05) is 0 Å². The van der Waals surface area contributed by atoms with Crippen molar-refractivity contribution in [3.63, 3.8) is 0 Å². The molecule has 0 rings (SSSR count). The fourth-order valence-electron chi connectivity index (χ4n) is 2.90. The van der Waals surface area contributed by atoms with Crippen LogP contribution in [0.2, 0.25) is 0 Å². The van der Waals surface area contributed by atoms with E-state index in [0.29, 0.717) is 0 Å². The van der Waals surface area contributed by atoms with Crippen molar-refractivity contribution in [1.29, 1.82) is 0 Å². The topological polar surface area (TPSA) is 52.6 Å². The molecule has 25 heavy (non-hydrogen) atoms. The summed E-state index contributed by atoms with van der Waals surface area (Å²) in [4.78, 5) is 21.8. The molecule has 0 aromatic carbocycles. The van der Waals surface area contributed by atoms with Gasteiger partial charge in [-0.1, -0.05) is 31.9 Å². The molecule has 0 heterocycles. The van der Waals surface area contributed by atoms with Crippen LogP contribution in [-0.4, -0.2) is 24.1 Å². The summed E-state index contributed by atoms with van der Waals surface area (Å²) in [5.41, 5.74) is 0. The lowest BCUT2D eigenvalue weighted by Gasteiger charge is -2.15. The molecule has 0 fully saturated rings. The van der Waals surface area contributed by atoms with Crippen molar-refractivity contribution in [3.8, 4) is 0 Å². The molecule has 2 atom stereocenters. The Balaban J connectivity index is 3.51. The first-order chi connectivity index (χ1) is 12.0. The van der Waals surface area contributed by atoms with Crippen molar-refractivity contribution < 1.29 is 19.1 Å². The van der Waals surface area contributed by atoms with Crippen LogP contribution in [0.4, 0.5) is 0 Å². The molecule has 0 aliphatic carbocycles. The summed E-state index contributed by atoms with van der Waals surface area (Å²) in [7, 11) is 0. The van der Waals surface area contributed by atoms with Crippen LogP contribution in [-0.2, 0) is 19.1 Å². The maximum Gasteiger partial charge on any atom is 0.302 e. The van der Waals surface area contributed by atoms with E-state index < -0.39 is 0 Å². The van der Waals surface area contributed by atoms with E-state index in [1.54, 1.807) is 0 Å². The van der Waals surface area contributed by atoms with E-state index >= 15 is 0 Å². The van der Waals surface area contributed by atoms with E-state index in [1.165, 1.54) is 26.7 Å². The molecule has 0 aromatic rings. The lowest BCUT2D eigenvalue weighted by atomic mass is 10.1. The van der Waals surface area contributed by atoms with Gasteiger partial charge in [0.25, 0.3) is 0 Å². The molecular weight excluding hydrogens is 316 g/mol. The number of hydrogen-bond acceptors (Lipinski definition) is 4. The zero-order chi connectivity index (χ0) is 18.9. The van der Waals surface area contributed by atoms with Gasteiger partial charge in [0.2, 0.25) is 0 Å². The van der Waals surface area contributed by atoms with Crippen LogP contribution in [0, 0.1) is 0 Å². The van der Waals surface area contributed by atoms with Gasteiger partial charge in [-0.2, -0.15) is 0 Å². The zero-order valence-electron chi connectivity index (χ0n) is 16.7. The van der Waals surface area contributed by atoms with Crippen molar-refractivity contribution in [2.45, 2.75) is 111 Å². The Morgan fingerprint density at radius 3 is 1.92 bits per heavy atom. The van der Waals surface area contributed by atoms with Crippen LogP contribution in [0.1, 0.15) is 98.3 Å². The standard InChI is InChI=1S/C21H38O4/c1-5-15-21(25-20(4)23)17-14-12-10-8-6-7-9-11-13-16-18(2)24-19(3)22/h6,8,18,21H,5,7,9-17H2,1-4H3/b8-6-/t18-,21+/m1/s1. The predicted octanol–water partition coefficient (Wildman–Crippen LogP) is 5.74. The highest BCUT2D eigenvalue weighted by molar-refractivity contribution is 5.66. The summed E-state index contributed by atoms with van der Waals surface area (Å²) in [6.07, 6.45) is 16.6. The molecule has 0 aliphatic heterocycles. The Morgan fingerprint density at radius 1 is 0.800 bits per heavy atom. The van der Waals surface area contributed by atoms with Gasteiger partial charge in [0, 0.05) is 13.8 Å². The summed E-state index contributed by atoms with van der Waals surface area (Å²) in [5, 5.41) is 0. The molecule has 0 spiro atoms. The fourth-order valence-corrected chi connectivity index (χ4v) is 2.90. The predicted molar refractivity (Wildman–Crippen MR) is 102 cm³/mol. The van der Waals surface area contributed by atoms with Gasteiger partial charge < -0.3 is 9.47 Å². The van der Waals surface area contributed by atoms with Gasteiger partial charge in [0.05, 0.1) is 6.10 Å². The van der Waals surface area contributed by atoms with E-state index in [0.717, 1.165) is 57.8 Å². The maximum absolute atomic E-state index is 11.0. The number of unbranched alkanes of at least 4 members (excludes halogenated alkanes) is 5. The first-order valence-electron chi connectivity index (χ1n) is 9.95. The number of allylic oxidation sites excluding steroid dienone is 2. The normalized spacial score (nSPS) is 13.6. The number of hydrogen-bond donors (Lipinski definition) is 0. The molecule has 4 nitrogen and oxygen atoms in total. The number of carbonyl (C=O) groups is 2. The van der Waals surface area contributed by atoms with Crippen molar-refractivity contribution >= 4 is 11.9 Å². The summed E-state index contributed by atoms with van der Waals surface area (Å²) in [6.45, 7) is 7.02. The van der Waals surface area contributed by atoms with Gasteiger partial charge in [-0.05, 0) is 64.7 Å². The second-order valence-corrected chi connectivity index (χ2v) is 6.83. The molecule has 0 saturated heterocycles. The summed E-state index contributed by atoms with van der Waals surface area (Å²) in [6, 6.07) is 0. The molecule has 0 radical (unpaired) electrons. The Hall–Kier alpha value is -1.32. The minimum atomic E-state index is -0.190. The van der Waals surface area contributed by atoms with Gasteiger partial charge in [0.15, 0.2) is 0 Å². The third-order valence-corrected chi connectivity index (χ3v) is 4.11. The van der Waals surface area contributed by atoms with Crippen molar-refractivity contribution in [1.82, 2.24) is 0 Å². The highest BCUT2D eigenvalue weighted by Crippen LogP contribution is 2.13. The van der Waals surface area contributed by atoms with Crippen LogP contribution < -0.4 is 0 Å². The Bertz CT molecular complexity index is 376. The molecule has 146 valence electrons. The third-order valence-electron chi connectivity index (χ3n) is 4.11. The highest BCUT2D eigenvalue weighted by atomic mass is 16.5. The molecule has 0 saturated carbocycles. The Morgan fingerprint density at radius 2 is 1.36 bits per heavy atom. The van der Waals surface area contributed by atoms with Crippen LogP contribution in [0.3, 0.4) is 0 Å². The van der Waals surface area contributed by atoms with Gasteiger partial charge in [-0.25, -0.2) is 0 Å². The summed E-state index contributed by atoms with van der Waals surface area (Å²) in [5.74, 6) is -0.357. The molecular formula is C21H38O4. The molecule has 0 unspecified atom stereocenters. The van der Waals surface area contributed by atoms with Gasteiger partial charge >= 0.3 is 11.9 Å². The molecule has 0 amide bonds. The summed E-state index contributed by atoms with van der Waals surface area (Å²) < 4.78 is 10.4. The third kappa shape index (κ3) is 17.3. The SMILES string of the molecule is CCC[C@@H](CCCC/C=C\CCCCC[C@@H](C)OC(C)=O)OC(C)=O. The Kier molecular flexibility index (Phi) is 15.3. The molecule has 0 aromatic heterocycles. The van der Waals surface area contributed by atoms with E-state index in [2.05, 4.69) is 19.1 Å². The fraction of sp³-hybridized carbons (Fsp3) is 0.810. The van der Waals surface area contributed by atoms with Crippen molar-refractivity contribution in [3.05, 3.63) is 12.2 Å². The van der Waals surface area contributed by atoms with Crippen LogP contribution in [0.15, 0.2) is 12.2 Å². The van der Waals surface area contributed by atoms with E-state index in [9.17, 15) is 9.59 Å². The minimum Gasteiger partial charge on any atom is -0.463 e. The smallest absolute Gasteiger partial charge is 0.302 e. The van der Waals surface area contributed by atoms with Gasteiger partial charge in [-0.3, -0.25) is 9.59 Å². The van der Waals surface area contributed by atoms with Crippen molar-refractivity contribution in [2.24, 2.45) is 0 Å². The van der Waals surface area contributed by atoms with Crippen LogP contribution >= 0.6 is 0 Å². The molecule has 4 heteroatoms. The second kappa shape index (κ2) is 16.2. The van der Waals surface area contributed by atoms with E-state index in [4.69, 9.17) is 9.47 Å². The summed E-state index contributed by atoms with van der Waals surface area (Å²) >= 11 is 0. The van der Waals surface area contributed by atoms with E-state index in [1.807, 2.05) is 6.92 Å². The average molecular weight is 355 g/mol. The lowest BCUT2D eigenvalue weighted by molar-refractivity contribution is -0.147. The lowest BCUT2D eigenvalue weighted by Crippen LogP contribution is -2.15. The highest BCUT2D eigenvalue weighted by Gasteiger charge is 2.10. The Labute approximate surface area is 154 Å². The molecule has 0 aliphatic rings. The number of rotatable bonds is 15. The van der Waals surface area contributed by atoms with Gasteiger partial charge in [-0.15, -0.1) is 0 Å². The minimum absolute atomic E-state index is 0.0385. The first kappa shape index (κ1) is 23.7. The molecule has 0 N–H and O–H groups in total. The number of esters is 2. The molecule has 0 bridgehead atoms. The van der Waals surface area contributed by atoms with E-state index in [-0.39, 0.29) is 24.1 Å².